The van der Waals surface area contributed by atoms with Crippen LogP contribution in [-0.2, 0) is 4.74 Å². The second-order valence-corrected chi connectivity index (χ2v) is 7.24. The lowest BCUT2D eigenvalue weighted by Gasteiger charge is -2.38. The standard InChI is InChI=1S/C13H14Cl3N3O4/c14-13(15,16)12(18-4-6-23-7-5-18)17-11(20)9-2-1-3-10(8-9)19(21)22/h1-3,8,12H,4-7H2,(H,17,20)/t12-/m0/s1. The Kier molecular flexibility index (Phi) is 6.05. The Bertz CT molecular complexity index is 588. The summed E-state index contributed by atoms with van der Waals surface area (Å²) in [5, 5.41) is 13.4. The number of carbonyl (C=O) groups is 1. The molecule has 7 nitrogen and oxygen atoms in total. The van der Waals surface area contributed by atoms with E-state index < -0.39 is 20.8 Å². The number of alkyl halides is 3. The number of nitrogens with one attached hydrogen (secondary N) is 1. The number of nitro benzene ring substituents is 1. The van der Waals surface area contributed by atoms with Crippen LogP contribution in [0.25, 0.3) is 0 Å². The first kappa shape index (κ1) is 18.2. The van der Waals surface area contributed by atoms with Crippen LogP contribution in [-0.4, -0.2) is 52.0 Å². The minimum absolute atomic E-state index is 0.117. The van der Waals surface area contributed by atoms with Gasteiger partial charge in [0.25, 0.3) is 11.6 Å². The van der Waals surface area contributed by atoms with Crippen LogP contribution in [0.4, 0.5) is 5.69 Å². The van der Waals surface area contributed by atoms with E-state index in [1.807, 2.05) is 0 Å². The molecule has 2 rings (SSSR count). The summed E-state index contributed by atoms with van der Waals surface area (Å²) in [7, 11) is 0. The first-order valence-corrected chi connectivity index (χ1v) is 7.86. The lowest BCUT2D eigenvalue weighted by molar-refractivity contribution is -0.384. The summed E-state index contributed by atoms with van der Waals surface area (Å²) in [6, 6.07) is 5.35. The zero-order valence-electron chi connectivity index (χ0n) is 11.9. The van der Waals surface area contributed by atoms with Gasteiger partial charge in [-0.05, 0) is 6.07 Å². The van der Waals surface area contributed by atoms with Gasteiger partial charge in [0.1, 0.15) is 6.17 Å². The maximum Gasteiger partial charge on any atom is 0.270 e. The number of morpholine rings is 1. The number of amides is 1. The molecule has 126 valence electrons. The molecule has 1 aromatic rings. The second kappa shape index (κ2) is 7.63. The average Bonchev–Trinajstić information content (AvgIpc) is 2.52. The van der Waals surface area contributed by atoms with E-state index in [0.29, 0.717) is 26.3 Å². The van der Waals surface area contributed by atoms with Crippen LogP contribution in [0.15, 0.2) is 24.3 Å². The van der Waals surface area contributed by atoms with Gasteiger partial charge in [-0.1, -0.05) is 40.9 Å². The molecule has 0 spiro atoms. The molecule has 23 heavy (non-hydrogen) atoms. The van der Waals surface area contributed by atoms with Gasteiger partial charge in [0, 0.05) is 30.8 Å². The normalized spacial score (nSPS) is 17.5. The van der Waals surface area contributed by atoms with Crippen LogP contribution in [0.2, 0.25) is 0 Å². The van der Waals surface area contributed by atoms with E-state index in [2.05, 4.69) is 5.32 Å². The molecule has 0 saturated carbocycles. The van der Waals surface area contributed by atoms with Crippen LogP contribution in [0.3, 0.4) is 0 Å². The zero-order chi connectivity index (χ0) is 17.0. The third-order valence-electron chi connectivity index (χ3n) is 3.31. The topological polar surface area (TPSA) is 84.7 Å². The quantitative estimate of drug-likeness (QED) is 0.491. The van der Waals surface area contributed by atoms with Crippen LogP contribution in [0.5, 0.6) is 0 Å². The minimum atomic E-state index is -1.76. The Labute approximate surface area is 147 Å². The summed E-state index contributed by atoms with van der Waals surface area (Å²) < 4.78 is 3.48. The summed E-state index contributed by atoms with van der Waals surface area (Å²) in [6.45, 7) is 1.91. The van der Waals surface area contributed by atoms with Crippen molar-refractivity contribution in [1.29, 1.82) is 0 Å². The van der Waals surface area contributed by atoms with Crippen LogP contribution >= 0.6 is 34.8 Å². The lowest BCUT2D eigenvalue weighted by atomic mass is 10.2. The average molecular weight is 383 g/mol. The van der Waals surface area contributed by atoms with Crippen molar-refractivity contribution < 1.29 is 14.5 Å². The summed E-state index contributed by atoms with van der Waals surface area (Å²) >= 11 is 17.9. The number of hydrogen-bond acceptors (Lipinski definition) is 5. The van der Waals surface area contributed by atoms with Gasteiger partial charge in [0.2, 0.25) is 3.79 Å². The number of ether oxygens (including phenoxy) is 1. The Hall–Kier alpha value is -1.12. The molecule has 0 bridgehead atoms. The van der Waals surface area contributed by atoms with Crippen molar-refractivity contribution >= 4 is 46.4 Å². The Morgan fingerprint density at radius 2 is 2.00 bits per heavy atom. The van der Waals surface area contributed by atoms with Gasteiger partial charge < -0.3 is 10.1 Å². The molecule has 1 heterocycles. The fourth-order valence-corrected chi connectivity index (χ4v) is 2.76. The van der Waals surface area contributed by atoms with Crippen molar-refractivity contribution in [2.24, 2.45) is 0 Å². The van der Waals surface area contributed by atoms with E-state index >= 15 is 0 Å². The number of carbonyl (C=O) groups excluding carboxylic acids is 1. The molecule has 0 aliphatic carbocycles. The van der Waals surface area contributed by atoms with Gasteiger partial charge in [0.15, 0.2) is 0 Å². The molecule has 1 aromatic carbocycles. The maximum absolute atomic E-state index is 12.4. The highest BCUT2D eigenvalue weighted by Crippen LogP contribution is 2.32. The number of nitro groups is 1. The van der Waals surface area contributed by atoms with Gasteiger partial charge in [-0.25, -0.2) is 0 Å². The first-order chi connectivity index (χ1) is 10.8. The highest BCUT2D eigenvalue weighted by atomic mass is 35.6. The van der Waals surface area contributed by atoms with Gasteiger partial charge in [-0.15, -0.1) is 0 Å². The van der Waals surface area contributed by atoms with Crippen molar-refractivity contribution in [1.82, 2.24) is 10.2 Å². The molecule has 1 amide bonds. The van der Waals surface area contributed by atoms with Gasteiger partial charge in [-0.2, -0.15) is 0 Å². The molecule has 1 aliphatic rings. The maximum atomic E-state index is 12.4. The van der Waals surface area contributed by atoms with Crippen molar-refractivity contribution in [2.45, 2.75) is 9.96 Å². The molecule has 0 aromatic heterocycles. The number of benzene rings is 1. The number of halogens is 3. The van der Waals surface area contributed by atoms with Crippen molar-refractivity contribution in [2.75, 3.05) is 26.3 Å². The Morgan fingerprint density at radius 1 is 1.35 bits per heavy atom. The molecule has 1 aliphatic heterocycles. The third kappa shape index (κ3) is 4.92. The number of hydrogen-bond donors (Lipinski definition) is 1. The molecular weight excluding hydrogens is 369 g/mol. The Balaban J connectivity index is 2.17. The summed E-state index contributed by atoms with van der Waals surface area (Å²) in [6.07, 6.45) is -0.872. The third-order valence-corrected chi connectivity index (χ3v) is 3.93. The van der Waals surface area contributed by atoms with E-state index in [4.69, 9.17) is 39.5 Å². The van der Waals surface area contributed by atoms with E-state index in [9.17, 15) is 14.9 Å². The molecule has 1 saturated heterocycles. The monoisotopic (exact) mass is 381 g/mol. The van der Waals surface area contributed by atoms with Crippen LogP contribution in [0.1, 0.15) is 10.4 Å². The predicted molar refractivity (Wildman–Crippen MR) is 87.0 cm³/mol. The minimum Gasteiger partial charge on any atom is -0.379 e. The van der Waals surface area contributed by atoms with E-state index in [1.165, 1.54) is 24.3 Å². The SMILES string of the molecule is O=C(N[C@@H](N1CCOCC1)C(Cl)(Cl)Cl)c1cccc([N+](=O)[O-])c1. The fraction of sp³-hybridized carbons (Fsp3) is 0.462. The molecular formula is C13H14Cl3N3O4. The van der Waals surface area contributed by atoms with E-state index in [1.54, 1.807) is 4.90 Å². The highest BCUT2D eigenvalue weighted by molar-refractivity contribution is 6.68. The highest BCUT2D eigenvalue weighted by Gasteiger charge is 2.39. The molecule has 1 atom stereocenters. The van der Waals surface area contributed by atoms with Crippen molar-refractivity contribution in [3.63, 3.8) is 0 Å². The molecule has 1 fully saturated rings. The summed E-state index contributed by atoms with van der Waals surface area (Å²) in [5.41, 5.74) is -0.0684. The van der Waals surface area contributed by atoms with E-state index in [-0.39, 0.29) is 11.3 Å². The second-order valence-electron chi connectivity index (χ2n) is 4.87. The smallest absolute Gasteiger partial charge is 0.270 e. The fourth-order valence-electron chi connectivity index (χ4n) is 2.18. The largest absolute Gasteiger partial charge is 0.379 e. The number of non-ortho nitro benzene ring substituents is 1. The van der Waals surface area contributed by atoms with Crippen molar-refractivity contribution in [3.8, 4) is 0 Å². The van der Waals surface area contributed by atoms with Crippen molar-refractivity contribution in [3.05, 3.63) is 39.9 Å². The Morgan fingerprint density at radius 3 is 2.57 bits per heavy atom. The first-order valence-electron chi connectivity index (χ1n) is 6.73. The number of nitrogens with zero attached hydrogens (tertiary/aromatic N) is 2. The summed E-state index contributed by atoms with van der Waals surface area (Å²) in [4.78, 5) is 24.3. The lowest BCUT2D eigenvalue weighted by Crippen LogP contribution is -2.58. The van der Waals surface area contributed by atoms with Gasteiger partial charge in [-0.3, -0.25) is 19.8 Å². The van der Waals surface area contributed by atoms with Crippen LogP contribution < -0.4 is 5.32 Å². The van der Waals surface area contributed by atoms with Crippen LogP contribution in [0, 0.1) is 10.1 Å². The number of rotatable bonds is 4. The molecule has 0 unspecified atom stereocenters. The van der Waals surface area contributed by atoms with Gasteiger partial charge >= 0.3 is 0 Å². The molecule has 1 N–H and O–H groups in total. The van der Waals surface area contributed by atoms with Gasteiger partial charge in [0.05, 0.1) is 18.1 Å². The molecule has 0 radical (unpaired) electrons. The van der Waals surface area contributed by atoms with E-state index in [0.717, 1.165) is 0 Å². The predicted octanol–water partition coefficient (Wildman–Crippen LogP) is 2.35. The summed E-state index contributed by atoms with van der Waals surface area (Å²) in [5.74, 6) is -0.559. The molecule has 10 heteroatoms. The zero-order valence-corrected chi connectivity index (χ0v) is 14.1.